The second-order valence-corrected chi connectivity index (χ2v) is 5.88. The number of fused-ring (bicyclic) bond motifs is 1. The number of hydrogen-bond donors (Lipinski definition) is 1. The number of nitrogens with zero attached hydrogens (tertiary/aromatic N) is 2. The number of para-hydroxylation sites is 1. The van der Waals surface area contributed by atoms with Crippen LogP contribution in [0.2, 0.25) is 0 Å². The van der Waals surface area contributed by atoms with Crippen LogP contribution >= 0.6 is 0 Å². The van der Waals surface area contributed by atoms with Crippen LogP contribution < -0.4 is 5.32 Å². The molecule has 130 valence electrons. The Morgan fingerprint density at radius 3 is 2.77 bits per heavy atom. The van der Waals surface area contributed by atoms with Gasteiger partial charge < -0.3 is 14.5 Å². The summed E-state index contributed by atoms with van der Waals surface area (Å²) in [5.74, 6) is 0.956. The first kappa shape index (κ1) is 16.0. The van der Waals surface area contributed by atoms with Crippen molar-refractivity contribution in [3.8, 4) is 11.5 Å². The van der Waals surface area contributed by atoms with Gasteiger partial charge in [-0.05, 0) is 42.8 Å². The molecule has 0 atom stereocenters. The average Bonchev–Trinajstić information content (AvgIpc) is 3.30. The molecule has 3 heterocycles. The lowest BCUT2D eigenvalue weighted by Gasteiger charge is -2.12. The molecule has 0 unspecified atom stereocenters. The van der Waals surface area contributed by atoms with Crippen LogP contribution in [-0.4, -0.2) is 22.5 Å². The fourth-order valence-corrected chi connectivity index (χ4v) is 2.86. The number of furan rings is 1. The van der Waals surface area contributed by atoms with Crippen molar-refractivity contribution in [3.05, 3.63) is 72.1 Å². The van der Waals surface area contributed by atoms with E-state index < -0.39 is 5.97 Å². The van der Waals surface area contributed by atoms with Gasteiger partial charge in [-0.3, -0.25) is 4.40 Å². The summed E-state index contributed by atoms with van der Waals surface area (Å²) < 4.78 is 12.4. The zero-order valence-electron chi connectivity index (χ0n) is 14.4. The second kappa shape index (κ2) is 6.40. The second-order valence-electron chi connectivity index (χ2n) is 5.88. The quantitative estimate of drug-likeness (QED) is 0.553. The van der Waals surface area contributed by atoms with Gasteiger partial charge >= 0.3 is 5.97 Å². The van der Waals surface area contributed by atoms with E-state index in [2.05, 4.69) is 10.3 Å². The summed E-state index contributed by atoms with van der Waals surface area (Å²) in [6.45, 7) is 2.01. The molecular formula is C20H17N3O3. The molecule has 0 fully saturated rings. The zero-order valence-corrected chi connectivity index (χ0v) is 14.4. The van der Waals surface area contributed by atoms with Crippen molar-refractivity contribution in [3.63, 3.8) is 0 Å². The van der Waals surface area contributed by atoms with Crippen LogP contribution in [0.25, 0.3) is 17.1 Å². The van der Waals surface area contributed by atoms with E-state index in [1.54, 1.807) is 18.4 Å². The van der Waals surface area contributed by atoms with Gasteiger partial charge in [0, 0.05) is 6.20 Å². The average molecular weight is 347 g/mol. The smallest absolute Gasteiger partial charge is 0.339 e. The summed E-state index contributed by atoms with van der Waals surface area (Å²) in [5, 5.41) is 3.33. The highest BCUT2D eigenvalue weighted by atomic mass is 16.5. The van der Waals surface area contributed by atoms with Crippen LogP contribution in [-0.2, 0) is 4.74 Å². The standard InChI is InChI=1S/C20H17N3O3/c1-13-9-10-17-22-18(16-8-5-11-26-16)19(23(17)12-13)21-15-7-4-3-6-14(15)20(24)25-2/h3-12,21H,1-2H3. The van der Waals surface area contributed by atoms with E-state index in [4.69, 9.17) is 9.15 Å². The highest BCUT2D eigenvalue weighted by Gasteiger charge is 2.19. The number of rotatable bonds is 4. The predicted octanol–water partition coefficient (Wildman–Crippen LogP) is 4.43. The maximum atomic E-state index is 12.1. The summed E-state index contributed by atoms with van der Waals surface area (Å²) in [6.07, 6.45) is 3.59. The Labute approximate surface area is 150 Å². The number of imidazole rings is 1. The Kier molecular flexibility index (Phi) is 3.93. The number of anilines is 2. The number of nitrogens with one attached hydrogen (secondary N) is 1. The van der Waals surface area contributed by atoms with Crippen molar-refractivity contribution >= 4 is 23.1 Å². The molecule has 4 aromatic rings. The van der Waals surface area contributed by atoms with Crippen molar-refractivity contribution in [2.75, 3.05) is 12.4 Å². The van der Waals surface area contributed by atoms with E-state index in [0.29, 0.717) is 22.7 Å². The summed E-state index contributed by atoms with van der Waals surface area (Å²) in [6, 6.07) is 14.8. The first-order chi connectivity index (χ1) is 12.7. The van der Waals surface area contributed by atoms with E-state index in [1.807, 2.05) is 53.9 Å². The number of pyridine rings is 1. The zero-order chi connectivity index (χ0) is 18.1. The van der Waals surface area contributed by atoms with Gasteiger partial charge in [-0.25, -0.2) is 9.78 Å². The Hall–Kier alpha value is -3.54. The first-order valence-electron chi connectivity index (χ1n) is 8.14. The minimum Gasteiger partial charge on any atom is -0.465 e. The van der Waals surface area contributed by atoms with E-state index in [-0.39, 0.29) is 0 Å². The number of methoxy groups -OCH3 is 1. The first-order valence-corrected chi connectivity index (χ1v) is 8.14. The molecule has 0 aliphatic carbocycles. The SMILES string of the molecule is COC(=O)c1ccccc1Nc1c(-c2ccco2)nc2ccc(C)cn12. The Morgan fingerprint density at radius 1 is 1.15 bits per heavy atom. The van der Waals surface area contributed by atoms with Gasteiger partial charge in [0.2, 0.25) is 0 Å². The summed E-state index contributed by atoms with van der Waals surface area (Å²) in [5.41, 5.74) is 3.61. The molecule has 0 aliphatic rings. The molecule has 0 radical (unpaired) electrons. The molecular weight excluding hydrogens is 330 g/mol. The van der Waals surface area contributed by atoms with Gasteiger partial charge in [0.15, 0.2) is 5.76 Å². The number of benzene rings is 1. The van der Waals surface area contributed by atoms with Gasteiger partial charge in [-0.15, -0.1) is 0 Å². The highest BCUT2D eigenvalue weighted by molar-refractivity contribution is 5.97. The molecule has 1 aromatic carbocycles. The van der Waals surface area contributed by atoms with Crippen LogP contribution in [0.1, 0.15) is 15.9 Å². The maximum absolute atomic E-state index is 12.1. The molecule has 0 spiro atoms. The lowest BCUT2D eigenvalue weighted by atomic mass is 10.1. The monoisotopic (exact) mass is 347 g/mol. The summed E-state index contributed by atoms with van der Waals surface area (Å²) in [4.78, 5) is 16.8. The minimum absolute atomic E-state index is 0.405. The van der Waals surface area contributed by atoms with Crippen molar-refractivity contribution in [2.24, 2.45) is 0 Å². The number of carbonyl (C=O) groups excluding carboxylic acids is 1. The number of aromatic nitrogens is 2. The maximum Gasteiger partial charge on any atom is 0.339 e. The predicted molar refractivity (Wildman–Crippen MR) is 98.7 cm³/mol. The third kappa shape index (κ3) is 2.71. The third-order valence-corrected chi connectivity index (χ3v) is 4.11. The number of carbonyl (C=O) groups is 1. The molecule has 1 N–H and O–H groups in total. The summed E-state index contributed by atoms with van der Waals surface area (Å²) in [7, 11) is 1.37. The Morgan fingerprint density at radius 2 is 2.00 bits per heavy atom. The topological polar surface area (TPSA) is 68.8 Å². The Balaban J connectivity index is 1.90. The van der Waals surface area contributed by atoms with Crippen LogP contribution in [0.15, 0.2) is 65.4 Å². The van der Waals surface area contributed by atoms with Gasteiger partial charge in [0.1, 0.15) is 17.2 Å². The fourth-order valence-electron chi connectivity index (χ4n) is 2.86. The van der Waals surface area contributed by atoms with Gasteiger partial charge in [0.25, 0.3) is 0 Å². The number of hydrogen-bond acceptors (Lipinski definition) is 5. The molecule has 0 amide bonds. The molecule has 26 heavy (non-hydrogen) atoms. The van der Waals surface area contributed by atoms with E-state index >= 15 is 0 Å². The lowest BCUT2D eigenvalue weighted by molar-refractivity contribution is 0.0602. The number of aryl methyl sites for hydroxylation is 1. The molecule has 0 saturated carbocycles. The van der Waals surface area contributed by atoms with Gasteiger partial charge in [0.05, 0.1) is 24.6 Å². The van der Waals surface area contributed by atoms with Crippen molar-refractivity contribution in [2.45, 2.75) is 6.92 Å². The normalized spacial score (nSPS) is 10.8. The molecule has 0 aliphatic heterocycles. The molecule has 3 aromatic heterocycles. The minimum atomic E-state index is -0.405. The van der Waals surface area contributed by atoms with Crippen LogP contribution in [0.4, 0.5) is 11.5 Å². The number of ether oxygens (including phenoxy) is 1. The van der Waals surface area contributed by atoms with Crippen molar-refractivity contribution < 1.29 is 13.9 Å². The third-order valence-electron chi connectivity index (χ3n) is 4.11. The molecule has 4 rings (SSSR count). The van der Waals surface area contributed by atoms with Gasteiger partial charge in [-0.1, -0.05) is 18.2 Å². The van der Waals surface area contributed by atoms with Crippen LogP contribution in [0.3, 0.4) is 0 Å². The molecule has 0 bridgehead atoms. The molecule has 6 nitrogen and oxygen atoms in total. The molecule has 0 saturated heterocycles. The van der Waals surface area contributed by atoms with E-state index in [0.717, 1.165) is 17.0 Å². The van der Waals surface area contributed by atoms with E-state index in [9.17, 15) is 4.79 Å². The van der Waals surface area contributed by atoms with E-state index in [1.165, 1.54) is 7.11 Å². The highest BCUT2D eigenvalue weighted by Crippen LogP contribution is 2.32. The van der Waals surface area contributed by atoms with Crippen molar-refractivity contribution in [1.82, 2.24) is 9.38 Å². The lowest BCUT2D eigenvalue weighted by Crippen LogP contribution is -2.06. The number of esters is 1. The largest absolute Gasteiger partial charge is 0.465 e. The Bertz CT molecular complexity index is 1080. The molecule has 6 heteroatoms. The van der Waals surface area contributed by atoms with Crippen molar-refractivity contribution in [1.29, 1.82) is 0 Å². The summed E-state index contributed by atoms with van der Waals surface area (Å²) >= 11 is 0. The van der Waals surface area contributed by atoms with Crippen LogP contribution in [0.5, 0.6) is 0 Å². The van der Waals surface area contributed by atoms with Gasteiger partial charge in [-0.2, -0.15) is 0 Å². The fraction of sp³-hybridized carbons (Fsp3) is 0.100. The van der Waals surface area contributed by atoms with Crippen LogP contribution in [0, 0.1) is 6.92 Å².